The first kappa shape index (κ1) is 17.0. The summed E-state index contributed by atoms with van der Waals surface area (Å²) in [5, 5.41) is 5.14. The number of amides is 1. The third kappa shape index (κ3) is 4.00. The summed E-state index contributed by atoms with van der Waals surface area (Å²) in [5.41, 5.74) is 2.06. The predicted molar refractivity (Wildman–Crippen MR) is 103 cm³/mol. The molecule has 0 spiro atoms. The van der Waals surface area contributed by atoms with E-state index in [0.717, 1.165) is 28.6 Å². The van der Waals surface area contributed by atoms with Crippen LogP contribution in [0.1, 0.15) is 25.8 Å². The summed E-state index contributed by atoms with van der Waals surface area (Å²) in [7, 11) is 0. The molecule has 0 unspecified atom stereocenters. The molecule has 3 heteroatoms. The van der Waals surface area contributed by atoms with Gasteiger partial charge in [-0.3, -0.25) is 4.79 Å². The van der Waals surface area contributed by atoms with Crippen molar-refractivity contribution in [3.63, 3.8) is 0 Å². The second-order valence-corrected chi connectivity index (χ2v) is 6.03. The van der Waals surface area contributed by atoms with Gasteiger partial charge in [0.05, 0.1) is 0 Å². The lowest BCUT2D eigenvalue weighted by Gasteiger charge is -2.18. The highest BCUT2D eigenvalue weighted by Gasteiger charge is 2.19. The molecule has 128 valence electrons. The Morgan fingerprint density at radius 2 is 1.68 bits per heavy atom. The van der Waals surface area contributed by atoms with Crippen LogP contribution in [0.4, 0.5) is 5.69 Å². The van der Waals surface area contributed by atoms with Crippen molar-refractivity contribution in [2.24, 2.45) is 0 Å². The summed E-state index contributed by atoms with van der Waals surface area (Å²) in [6.45, 7) is 4.07. The molecule has 3 aromatic rings. The van der Waals surface area contributed by atoms with E-state index in [1.54, 1.807) is 0 Å². The highest BCUT2D eigenvalue weighted by Crippen LogP contribution is 2.24. The first-order chi connectivity index (χ1) is 12.2. The van der Waals surface area contributed by atoms with E-state index < -0.39 is 6.10 Å². The van der Waals surface area contributed by atoms with E-state index >= 15 is 0 Å². The van der Waals surface area contributed by atoms with Gasteiger partial charge in [0.2, 0.25) is 0 Å². The molecule has 1 amide bonds. The molecule has 0 aromatic heterocycles. The summed E-state index contributed by atoms with van der Waals surface area (Å²) in [6, 6.07) is 21.8. The van der Waals surface area contributed by atoms with Crippen LogP contribution in [-0.4, -0.2) is 12.0 Å². The Morgan fingerprint density at radius 3 is 2.40 bits per heavy atom. The molecule has 0 aliphatic carbocycles. The molecule has 3 rings (SSSR count). The van der Waals surface area contributed by atoms with Crippen molar-refractivity contribution in [3.8, 4) is 5.75 Å². The van der Waals surface area contributed by atoms with Crippen LogP contribution in [0.25, 0.3) is 10.8 Å². The van der Waals surface area contributed by atoms with Crippen molar-refractivity contribution < 1.29 is 9.53 Å². The van der Waals surface area contributed by atoms with Gasteiger partial charge in [-0.25, -0.2) is 0 Å². The van der Waals surface area contributed by atoms with Crippen LogP contribution in [-0.2, 0) is 11.2 Å². The molecule has 1 atom stereocenters. The lowest BCUT2D eigenvalue weighted by molar-refractivity contribution is -0.122. The smallest absolute Gasteiger partial charge is 0.265 e. The number of aryl methyl sites for hydroxylation is 1. The molecule has 0 fully saturated rings. The van der Waals surface area contributed by atoms with Crippen LogP contribution in [0.15, 0.2) is 66.7 Å². The summed E-state index contributed by atoms with van der Waals surface area (Å²) in [6.07, 6.45) is 1.07. The number of hydrogen-bond donors (Lipinski definition) is 1. The average Bonchev–Trinajstić information content (AvgIpc) is 2.66. The third-order valence-electron chi connectivity index (χ3n) is 4.32. The molecule has 0 saturated carbocycles. The minimum atomic E-state index is -0.522. The van der Waals surface area contributed by atoms with Crippen LogP contribution in [0.5, 0.6) is 5.75 Å². The zero-order valence-electron chi connectivity index (χ0n) is 14.7. The maximum Gasteiger partial charge on any atom is 0.265 e. The number of nitrogens with one attached hydrogen (secondary N) is 1. The van der Waals surface area contributed by atoms with E-state index in [9.17, 15) is 4.79 Å². The van der Waals surface area contributed by atoms with E-state index in [1.807, 2.05) is 73.7 Å². The highest BCUT2D eigenvalue weighted by atomic mass is 16.5. The van der Waals surface area contributed by atoms with Crippen molar-refractivity contribution in [2.75, 3.05) is 5.32 Å². The summed E-state index contributed by atoms with van der Waals surface area (Å²) >= 11 is 0. The Balaban J connectivity index is 1.75. The SMILES string of the molecule is CCc1ccc(O[C@H](CC)C(=O)Nc2cccc3ccccc23)cc1. The number of hydrogen-bond acceptors (Lipinski definition) is 2. The molecule has 0 aliphatic heterocycles. The van der Waals surface area contributed by atoms with Gasteiger partial charge in [0.25, 0.3) is 5.91 Å². The number of carbonyl (C=O) groups is 1. The Kier molecular flexibility index (Phi) is 5.34. The third-order valence-corrected chi connectivity index (χ3v) is 4.32. The van der Waals surface area contributed by atoms with Crippen molar-refractivity contribution in [3.05, 3.63) is 72.3 Å². The maximum absolute atomic E-state index is 12.7. The molecule has 0 radical (unpaired) electrons. The number of anilines is 1. The standard InChI is InChI=1S/C22H23NO2/c1-3-16-12-14-18(15-13-16)25-21(4-2)22(24)23-20-11-7-9-17-8-5-6-10-19(17)20/h5-15,21H,3-4H2,1-2H3,(H,23,24)/t21-/m1/s1. The molecular weight excluding hydrogens is 310 g/mol. The minimum absolute atomic E-state index is 0.126. The number of carbonyl (C=O) groups excluding carboxylic acids is 1. The molecule has 0 bridgehead atoms. The first-order valence-electron chi connectivity index (χ1n) is 8.75. The normalized spacial score (nSPS) is 11.9. The van der Waals surface area contributed by atoms with Crippen molar-refractivity contribution in [1.29, 1.82) is 0 Å². The van der Waals surface area contributed by atoms with Gasteiger partial charge in [0.1, 0.15) is 5.75 Å². The fourth-order valence-corrected chi connectivity index (χ4v) is 2.84. The molecule has 3 nitrogen and oxygen atoms in total. The van der Waals surface area contributed by atoms with Crippen LogP contribution >= 0.6 is 0 Å². The van der Waals surface area contributed by atoms with Gasteiger partial charge in [-0.15, -0.1) is 0 Å². The fourth-order valence-electron chi connectivity index (χ4n) is 2.84. The highest BCUT2D eigenvalue weighted by molar-refractivity contribution is 6.03. The van der Waals surface area contributed by atoms with Crippen molar-refractivity contribution in [1.82, 2.24) is 0 Å². The quantitative estimate of drug-likeness (QED) is 0.673. The Bertz CT molecular complexity index is 850. The summed E-state index contributed by atoms with van der Waals surface area (Å²) < 4.78 is 5.90. The van der Waals surface area contributed by atoms with Crippen LogP contribution in [0, 0.1) is 0 Å². The monoisotopic (exact) mass is 333 g/mol. The minimum Gasteiger partial charge on any atom is -0.481 e. The second kappa shape index (κ2) is 7.84. The van der Waals surface area contributed by atoms with Gasteiger partial charge >= 0.3 is 0 Å². The van der Waals surface area contributed by atoms with E-state index in [0.29, 0.717) is 6.42 Å². The number of rotatable bonds is 6. The number of benzene rings is 3. The fraction of sp³-hybridized carbons (Fsp3) is 0.227. The van der Waals surface area contributed by atoms with Gasteiger partial charge in [0, 0.05) is 11.1 Å². The molecule has 0 heterocycles. The van der Waals surface area contributed by atoms with Crippen LogP contribution in [0.2, 0.25) is 0 Å². The van der Waals surface area contributed by atoms with E-state index in [2.05, 4.69) is 12.2 Å². The van der Waals surface area contributed by atoms with Crippen molar-refractivity contribution >= 4 is 22.4 Å². The largest absolute Gasteiger partial charge is 0.481 e. The second-order valence-electron chi connectivity index (χ2n) is 6.03. The van der Waals surface area contributed by atoms with Crippen LogP contribution in [0.3, 0.4) is 0 Å². The maximum atomic E-state index is 12.7. The van der Waals surface area contributed by atoms with E-state index in [1.165, 1.54) is 5.56 Å². The summed E-state index contributed by atoms with van der Waals surface area (Å²) in [5.74, 6) is 0.593. The Hall–Kier alpha value is -2.81. The van der Waals surface area contributed by atoms with Gasteiger partial charge in [-0.05, 0) is 42.0 Å². The zero-order chi connectivity index (χ0) is 17.6. The van der Waals surface area contributed by atoms with Gasteiger partial charge in [0.15, 0.2) is 6.10 Å². The van der Waals surface area contributed by atoms with Crippen LogP contribution < -0.4 is 10.1 Å². The molecular formula is C22H23NO2. The Labute approximate surface area is 148 Å². The Morgan fingerprint density at radius 1 is 0.960 bits per heavy atom. The molecule has 1 N–H and O–H groups in total. The topological polar surface area (TPSA) is 38.3 Å². The summed E-state index contributed by atoms with van der Waals surface area (Å²) in [4.78, 5) is 12.7. The van der Waals surface area contributed by atoms with Gasteiger partial charge in [-0.1, -0.05) is 62.4 Å². The predicted octanol–water partition coefficient (Wildman–Crippen LogP) is 5.20. The molecule has 25 heavy (non-hydrogen) atoms. The van der Waals surface area contributed by atoms with Gasteiger partial charge in [-0.2, -0.15) is 0 Å². The van der Waals surface area contributed by atoms with Gasteiger partial charge < -0.3 is 10.1 Å². The molecule has 3 aromatic carbocycles. The first-order valence-corrected chi connectivity index (χ1v) is 8.75. The molecule has 0 aliphatic rings. The van der Waals surface area contributed by atoms with Crippen molar-refractivity contribution in [2.45, 2.75) is 32.8 Å². The van der Waals surface area contributed by atoms with E-state index in [4.69, 9.17) is 4.74 Å². The molecule has 0 saturated heterocycles. The lowest BCUT2D eigenvalue weighted by Crippen LogP contribution is -2.32. The average molecular weight is 333 g/mol. The number of fused-ring (bicyclic) bond motifs is 1. The zero-order valence-corrected chi connectivity index (χ0v) is 14.7. The number of ether oxygens (including phenoxy) is 1. The lowest BCUT2D eigenvalue weighted by atomic mass is 10.1. The van der Waals surface area contributed by atoms with E-state index in [-0.39, 0.29) is 5.91 Å².